The molecule has 2 heterocycles. The van der Waals surface area contributed by atoms with E-state index in [2.05, 4.69) is 41.3 Å². The van der Waals surface area contributed by atoms with E-state index >= 15 is 0 Å². The Hall–Kier alpha value is -1.48. The Kier molecular flexibility index (Phi) is 3.00. The Morgan fingerprint density at radius 2 is 2.00 bits per heavy atom. The minimum absolute atomic E-state index is 0.630. The van der Waals surface area contributed by atoms with E-state index in [4.69, 9.17) is 4.74 Å². The van der Waals surface area contributed by atoms with E-state index in [1.165, 1.54) is 29.3 Å². The lowest BCUT2D eigenvalue weighted by Crippen LogP contribution is -2.26. The quantitative estimate of drug-likeness (QED) is 0.879. The van der Waals surface area contributed by atoms with Crippen molar-refractivity contribution in [3.05, 3.63) is 30.0 Å². The molecule has 1 saturated heterocycles. The normalized spacial score (nSPS) is 17.2. The summed E-state index contributed by atoms with van der Waals surface area (Å²) in [4.78, 5) is 0. The summed E-state index contributed by atoms with van der Waals surface area (Å²) in [5.41, 5.74) is 2.61. The van der Waals surface area contributed by atoms with E-state index in [1.54, 1.807) is 7.11 Å². The molecule has 96 valence electrons. The summed E-state index contributed by atoms with van der Waals surface area (Å²) in [5, 5.41) is 4.65. The van der Waals surface area contributed by atoms with Crippen molar-refractivity contribution >= 4 is 10.9 Å². The predicted octanol–water partition coefficient (Wildman–Crippen LogP) is 2.65. The fourth-order valence-corrected chi connectivity index (χ4v) is 3.02. The van der Waals surface area contributed by atoms with Crippen molar-refractivity contribution in [3.8, 4) is 5.75 Å². The number of aryl methyl sites for hydroxylation is 1. The topological polar surface area (TPSA) is 26.2 Å². The molecule has 3 rings (SSSR count). The number of methoxy groups -OCH3 is 1. The summed E-state index contributed by atoms with van der Waals surface area (Å²) in [5.74, 6) is 1.70. The third-order valence-electron chi connectivity index (χ3n) is 4.03. The van der Waals surface area contributed by atoms with Crippen LogP contribution in [0.5, 0.6) is 5.75 Å². The first-order valence-electron chi connectivity index (χ1n) is 6.64. The van der Waals surface area contributed by atoms with Crippen LogP contribution < -0.4 is 10.1 Å². The Balaban J connectivity index is 2.10. The predicted molar refractivity (Wildman–Crippen MR) is 74.3 cm³/mol. The highest BCUT2D eigenvalue weighted by atomic mass is 16.5. The van der Waals surface area contributed by atoms with Crippen LogP contribution in [-0.4, -0.2) is 24.8 Å². The molecule has 2 aromatic rings. The van der Waals surface area contributed by atoms with Crippen LogP contribution in [0.3, 0.4) is 0 Å². The number of hydrogen-bond donors (Lipinski definition) is 1. The second-order valence-corrected chi connectivity index (χ2v) is 5.07. The summed E-state index contributed by atoms with van der Waals surface area (Å²) in [6, 6.07) is 6.62. The highest BCUT2D eigenvalue weighted by Crippen LogP contribution is 2.37. The van der Waals surface area contributed by atoms with Gasteiger partial charge in [-0.1, -0.05) is 6.07 Å². The van der Waals surface area contributed by atoms with Gasteiger partial charge in [0.1, 0.15) is 5.75 Å². The van der Waals surface area contributed by atoms with E-state index < -0.39 is 0 Å². The van der Waals surface area contributed by atoms with Crippen molar-refractivity contribution in [3.63, 3.8) is 0 Å². The zero-order valence-corrected chi connectivity index (χ0v) is 11.1. The molecule has 1 fully saturated rings. The first-order valence-corrected chi connectivity index (χ1v) is 6.64. The molecule has 3 nitrogen and oxygen atoms in total. The van der Waals surface area contributed by atoms with Gasteiger partial charge in [0.15, 0.2) is 0 Å². The van der Waals surface area contributed by atoms with Gasteiger partial charge in [-0.3, -0.25) is 0 Å². The summed E-state index contributed by atoms with van der Waals surface area (Å²) in [7, 11) is 3.86. The van der Waals surface area contributed by atoms with Gasteiger partial charge >= 0.3 is 0 Å². The molecule has 0 radical (unpaired) electrons. The van der Waals surface area contributed by atoms with E-state index in [0.29, 0.717) is 5.92 Å². The maximum Gasteiger partial charge on any atom is 0.131 e. The number of aromatic nitrogens is 1. The molecule has 0 saturated carbocycles. The number of benzene rings is 1. The molecule has 0 atom stereocenters. The average molecular weight is 244 g/mol. The van der Waals surface area contributed by atoms with Crippen molar-refractivity contribution in [2.24, 2.45) is 7.05 Å². The van der Waals surface area contributed by atoms with Gasteiger partial charge in [0.25, 0.3) is 0 Å². The molecule has 0 spiro atoms. The molecule has 1 aromatic heterocycles. The second-order valence-electron chi connectivity index (χ2n) is 5.07. The molecule has 0 bridgehead atoms. The SMILES string of the molecule is COc1c(C2CCNCC2)ccc2c1ccn2C. The highest BCUT2D eigenvalue weighted by Gasteiger charge is 2.20. The lowest BCUT2D eigenvalue weighted by Gasteiger charge is -2.25. The van der Waals surface area contributed by atoms with E-state index in [0.717, 1.165) is 18.8 Å². The zero-order chi connectivity index (χ0) is 12.5. The fraction of sp³-hybridized carbons (Fsp3) is 0.467. The van der Waals surface area contributed by atoms with Gasteiger partial charge in [-0.05, 0) is 49.5 Å². The van der Waals surface area contributed by atoms with Gasteiger partial charge in [0.05, 0.1) is 12.6 Å². The van der Waals surface area contributed by atoms with Crippen LogP contribution in [-0.2, 0) is 7.05 Å². The van der Waals surface area contributed by atoms with Crippen molar-refractivity contribution in [2.75, 3.05) is 20.2 Å². The van der Waals surface area contributed by atoms with Crippen molar-refractivity contribution in [1.29, 1.82) is 0 Å². The number of rotatable bonds is 2. The van der Waals surface area contributed by atoms with Crippen LogP contribution in [0, 0.1) is 0 Å². The summed E-state index contributed by atoms with van der Waals surface area (Å²) < 4.78 is 7.83. The van der Waals surface area contributed by atoms with Crippen LogP contribution in [0.25, 0.3) is 10.9 Å². The van der Waals surface area contributed by atoms with Gasteiger partial charge in [0.2, 0.25) is 0 Å². The largest absolute Gasteiger partial charge is 0.496 e. The first-order chi connectivity index (χ1) is 8.81. The minimum atomic E-state index is 0.630. The molecule has 18 heavy (non-hydrogen) atoms. The number of ether oxygens (including phenoxy) is 1. The van der Waals surface area contributed by atoms with Crippen LogP contribution in [0.4, 0.5) is 0 Å². The van der Waals surface area contributed by atoms with Gasteiger partial charge in [-0.15, -0.1) is 0 Å². The van der Waals surface area contributed by atoms with Gasteiger partial charge in [-0.25, -0.2) is 0 Å². The number of hydrogen-bond acceptors (Lipinski definition) is 2. The van der Waals surface area contributed by atoms with Gasteiger partial charge in [-0.2, -0.15) is 0 Å². The third-order valence-corrected chi connectivity index (χ3v) is 4.03. The molecular formula is C15H20N2O. The van der Waals surface area contributed by atoms with Crippen molar-refractivity contribution in [1.82, 2.24) is 9.88 Å². The fourth-order valence-electron chi connectivity index (χ4n) is 3.02. The van der Waals surface area contributed by atoms with Gasteiger partial charge < -0.3 is 14.6 Å². The molecule has 1 N–H and O–H groups in total. The van der Waals surface area contributed by atoms with Crippen LogP contribution in [0.1, 0.15) is 24.3 Å². The number of nitrogens with zero attached hydrogens (tertiary/aromatic N) is 1. The smallest absolute Gasteiger partial charge is 0.131 e. The molecule has 1 aromatic carbocycles. The summed E-state index contributed by atoms with van der Waals surface area (Å²) in [6.07, 6.45) is 4.50. The third kappa shape index (κ3) is 1.79. The number of piperidine rings is 1. The molecule has 0 unspecified atom stereocenters. The van der Waals surface area contributed by atoms with Gasteiger partial charge in [0, 0.05) is 18.6 Å². The maximum atomic E-state index is 5.69. The van der Waals surface area contributed by atoms with E-state index in [1.807, 2.05) is 0 Å². The molecule has 0 aliphatic carbocycles. The number of nitrogens with one attached hydrogen (secondary N) is 1. The molecule has 1 aliphatic rings. The Morgan fingerprint density at radius 1 is 1.22 bits per heavy atom. The van der Waals surface area contributed by atoms with Crippen LogP contribution in [0.2, 0.25) is 0 Å². The molecular weight excluding hydrogens is 224 g/mol. The Labute approximate surface area is 108 Å². The molecule has 0 amide bonds. The van der Waals surface area contributed by atoms with E-state index in [-0.39, 0.29) is 0 Å². The maximum absolute atomic E-state index is 5.69. The minimum Gasteiger partial charge on any atom is -0.496 e. The lowest BCUT2D eigenvalue weighted by molar-refractivity contribution is 0.396. The van der Waals surface area contributed by atoms with Crippen LogP contribution in [0.15, 0.2) is 24.4 Å². The summed E-state index contributed by atoms with van der Waals surface area (Å²) >= 11 is 0. The Bertz CT molecular complexity index is 553. The Morgan fingerprint density at radius 3 is 2.72 bits per heavy atom. The van der Waals surface area contributed by atoms with Crippen molar-refractivity contribution < 1.29 is 4.74 Å². The standard InChI is InChI=1S/C15H20N2O/c1-17-10-7-13-14(17)4-3-12(15(13)18-2)11-5-8-16-9-6-11/h3-4,7,10-11,16H,5-6,8-9H2,1-2H3. The zero-order valence-electron chi connectivity index (χ0n) is 11.1. The number of fused-ring (bicyclic) bond motifs is 1. The average Bonchev–Trinajstić information content (AvgIpc) is 2.80. The van der Waals surface area contributed by atoms with Crippen molar-refractivity contribution in [2.45, 2.75) is 18.8 Å². The second kappa shape index (κ2) is 4.65. The highest BCUT2D eigenvalue weighted by molar-refractivity contribution is 5.88. The monoisotopic (exact) mass is 244 g/mol. The van der Waals surface area contributed by atoms with Crippen LogP contribution >= 0.6 is 0 Å². The molecule has 1 aliphatic heterocycles. The lowest BCUT2D eigenvalue weighted by atomic mass is 9.89. The van der Waals surface area contributed by atoms with E-state index in [9.17, 15) is 0 Å². The molecule has 3 heteroatoms. The first kappa shape index (κ1) is 11.6. The summed E-state index contributed by atoms with van der Waals surface area (Å²) in [6.45, 7) is 2.22.